The van der Waals surface area contributed by atoms with Crippen molar-refractivity contribution < 1.29 is 9.59 Å². The summed E-state index contributed by atoms with van der Waals surface area (Å²) in [7, 11) is 1.53. The number of hydrogen-bond donors (Lipinski definition) is 1. The summed E-state index contributed by atoms with van der Waals surface area (Å²) in [5, 5.41) is 4.12. The van der Waals surface area contributed by atoms with Crippen molar-refractivity contribution in [2.45, 2.75) is 24.4 Å². The van der Waals surface area contributed by atoms with E-state index >= 15 is 0 Å². The molecule has 1 N–H and O–H groups in total. The van der Waals surface area contributed by atoms with E-state index < -0.39 is 6.04 Å². The van der Waals surface area contributed by atoms with Gasteiger partial charge in [0.15, 0.2) is 0 Å². The predicted molar refractivity (Wildman–Crippen MR) is 113 cm³/mol. The Morgan fingerprint density at radius 3 is 2.22 bits per heavy atom. The SMILES string of the molecule is CNC(=O)C(C)N(Cc1c(Cl)cccc1Cl)C(=O)CSc1ccc(Cl)cc1. The second kappa shape index (κ2) is 10.2. The van der Waals surface area contributed by atoms with Crippen LogP contribution in [-0.4, -0.2) is 35.6 Å². The largest absolute Gasteiger partial charge is 0.357 e. The molecule has 0 aromatic heterocycles. The third kappa shape index (κ3) is 6.04. The minimum atomic E-state index is -0.666. The molecule has 2 aromatic carbocycles. The normalized spacial score (nSPS) is 11.7. The number of carbonyl (C=O) groups excluding carboxylic acids is 2. The highest BCUT2D eigenvalue weighted by molar-refractivity contribution is 8.00. The predicted octanol–water partition coefficient (Wildman–Crippen LogP) is 4.90. The molecule has 1 unspecified atom stereocenters. The van der Waals surface area contributed by atoms with Gasteiger partial charge in [0.05, 0.1) is 5.75 Å². The molecule has 27 heavy (non-hydrogen) atoms. The van der Waals surface area contributed by atoms with Crippen molar-refractivity contribution in [2.24, 2.45) is 0 Å². The van der Waals surface area contributed by atoms with Crippen LogP contribution in [0.4, 0.5) is 0 Å². The molecule has 2 aromatic rings. The van der Waals surface area contributed by atoms with E-state index in [2.05, 4.69) is 5.32 Å². The van der Waals surface area contributed by atoms with E-state index in [1.165, 1.54) is 23.7 Å². The molecule has 0 bridgehead atoms. The summed E-state index contributed by atoms with van der Waals surface area (Å²) >= 11 is 19.7. The molecule has 2 amide bonds. The van der Waals surface area contributed by atoms with Gasteiger partial charge in [-0.25, -0.2) is 0 Å². The summed E-state index contributed by atoms with van der Waals surface area (Å²) in [6.45, 7) is 1.82. The molecular weight excluding hydrogens is 427 g/mol. The zero-order valence-corrected chi connectivity index (χ0v) is 17.9. The molecule has 0 radical (unpaired) electrons. The molecule has 144 valence electrons. The number of amides is 2. The smallest absolute Gasteiger partial charge is 0.242 e. The molecule has 0 heterocycles. The molecule has 0 saturated carbocycles. The minimum Gasteiger partial charge on any atom is -0.357 e. The van der Waals surface area contributed by atoms with E-state index in [0.29, 0.717) is 20.6 Å². The molecule has 4 nitrogen and oxygen atoms in total. The molecule has 0 aliphatic heterocycles. The number of likely N-dealkylation sites (N-methyl/N-ethyl adjacent to an activating group) is 1. The van der Waals surface area contributed by atoms with Crippen LogP contribution in [-0.2, 0) is 16.1 Å². The van der Waals surface area contributed by atoms with E-state index in [-0.39, 0.29) is 24.1 Å². The van der Waals surface area contributed by atoms with Crippen LogP contribution in [0.2, 0.25) is 15.1 Å². The van der Waals surface area contributed by atoms with E-state index in [9.17, 15) is 9.59 Å². The van der Waals surface area contributed by atoms with Crippen LogP contribution in [0.5, 0.6) is 0 Å². The van der Waals surface area contributed by atoms with Gasteiger partial charge in [-0.2, -0.15) is 0 Å². The van der Waals surface area contributed by atoms with Crippen LogP contribution in [0.25, 0.3) is 0 Å². The zero-order valence-electron chi connectivity index (χ0n) is 14.8. The number of hydrogen-bond acceptors (Lipinski definition) is 3. The highest BCUT2D eigenvalue weighted by atomic mass is 35.5. The number of nitrogens with zero attached hydrogens (tertiary/aromatic N) is 1. The lowest BCUT2D eigenvalue weighted by Crippen LogP contribution is -2.47. The second-order valence-electron chi connectivity index (χ2n) is 5.75. The zero-order chi connectivity index (χ0) is 20.0. The van der Waals surface area contributed by atoms with Crippen LogP contribution in [0.3, 0.4) is 0 Å². The Morgan fingerprint density at radius 2 is 1.67 bits per heavy atom. The maximum atomic E-state index is 12.9. The van der Waals surface area contributed by atoms with Gasteiger partial charge in [0.1, 0.15) is 6.04 Å². The Labute approximate surface area is 178 Å². The van der Waals surface area contributed by atoms with Crippen molar-refractivity contribution in [3.05, 3.63) is 63.1 Å². The highest BCUT2D eigenvalue weighted by Crippen LogP contribution is 2.27. The van der Waals surface area contributed by atoms with Gasteiger partial charge in [-0.15, -0.1) is 11.8 Å². The first-order valence-electron chi connectivity index (χ1n) is 8.15. The van der Waals surface area contributed by atoms with Gasteiger partial charge in [-0.05, 0) is 43.3 Å². The Bertz CT molecular complexity index is 795. The van der Waals surface area contributed by atoms with Crippen molar-refractivity contribution >= 4 is 58.4 Å². The third-order valence-electron chi connectivity index (χ3n) is 3.98. The summed E-state index contributed by atoms with van der Waals surface area (Å²) in [6.07, 6.45) is 0. The van der Waals surface area contributed by atoms with Crippen molar-refractivity contribution in [2.75, 3.05) is 12.8 Å². The third-order valence-corrected chi connectivity index (χ3v) is 5.94. The first kappa shape index (κ1) is 21.9. The number of rotatable bonds is 7. The van der Waals surface area contributed by atoms with Crippen LogP contribution < -0.4 is 5.32 Å². The average molecular weight is 446 g/mol. The Hall–Kier alpha value is -1.40. The summed E-state index contributed by atoms with van der Waals surface area (Å²) < 4.78 is 0. The van der Waals surface area contributed by atoms with Crippen LogP contribution in [0, 0.1) is 0 Å². The standard InChI is InChI=1S/C19H19Cl3N2O2S/c1-12(19(26)23-2)24(10-15-16(21)4-3-5-17(15)22)18(25)11-27-14-8-6-13(20)7-9-14/h3-9,12H,10-11H2,1-2H3,(H,23,26). The summed E-state index contributed by atoms with van der Waals surface area (Å²) in [5.74, 6) is -0.282. The van der Waals surface area contributed by atoms with Gasteiger partial charge in [-0.1, -0.05) is 40.9 Å². The Morgan fingerprint density at radius 1 is 1.07 bits per heavy atom. The lowest BCUT2D eigenvalue weighted by atomic mass is 10.1. The Kier molecular flexibility index (Phi) is 8.29. The van der Waals surface area contributed by atoms with E-state index in [1.807, 2.05) is 12.1 Å². The van der Waals surface area contributed by atoms with Gasteiger partial charge in [0.25, 0.3) is 0 Å². The molecule has 0 fully saturated rings. The molecular formula is C19H19Cl3N2O2S. The lowest BCUT2D eigenvalue weighted by Gasteiger charge is -2.29. The van der Waals surface area contributed by atoms with Crippen molar-refractivity contribution in [3.8, 4) is 0 Å². The minimum absolute atomic E-state index is 0.146. The Balaban J connectivity index is 2.19. The van der Waals surface area contributed by atoms with Gasteiger partial charge in [0, 0.05) is 39.1 Å². The quantitative estimate of drug-likeness (QED) is 0.617. The first-order chi connectivity index (χ1) is 12.8. The fraction of sp³-hybridized carbons (Fsp3) is 0.263. The van der Waals surface area contributed by atoms with Gasteiger partial charge >= 0.3 is 0 Å². The fourth-order valence-corrected chi connectivity index (χ4v) is 3.83. The molecule has 8 heteroatoms. The molecule has 0 aliphatic rings. The van der Waals surface area contributed by atoms with Crippen molar-refractivity contribution in [1.29, 1.82) is 0 Å². The number of carbonyl (C=O) groups is 2. The van der Waals surface area contributed by atoms with Gasteiger partial charge in [-0.3, -0.25) is 9.59 Å². The van der Waals surface area contributed by atoms with Crippen LogP contribution in [0.15, 0.2) is 47.4 Å². The fourth-order valence-electron chi connectivity index (χ4n) is 2.40. The average Bonchev–Trinajstić information content (AvgIpc) is 2.66. The van der Waals surface area contributed by atoms with Crippen molar-refractivity contribution in [1.82, 2.24) is 10.2 Å². The van der Waals surface area contributed by atoms with E-state index in [4.69, 9.17) is 34.8 Å². The number of halogens is 3. The number of thioether (sulfide) groups is 1. The highest BCUT2D eigenvalue weighted by Gasteiger charge is 2.26. The molecule has 0 spiro atoms. The van der Waals surface area contributed by atoms with E-state index in [1.54, 1.807) is 37.3 Å². The number of nitrogens with one attached hydrogen (secondary N) is 1. The molecule has 0 saturated heterocycles. The topological polar surface area (TPSA) is 49.4 Å². The van der Waals surface area contributed by atoms with Gasteiger partial charge in [0.2, 0.25) is 11.8 Å². The summed E-state index contributed by atoms with van der Waals surface area (Å²) in [6, 6.07) is 11.7. The molecule has 2 rings (SSSR count). The molecule has 1 atom stereocenters. The second-order valence-corrected chi connectivity index (χ2v) is 8.05. The van der Waals surface area contributed by atoms with Crippen LogP contribution >= 0.6 is 46.6 Å². The van der Waals surface area contributed by atoms with Gasteiger partial charge < -0.3 is 10.2 Å². The number of benzene rings is 2. The lowest BCUT2D eigenvalue weighted by molar-refractivity contribution is -0.138. The summed E-state index contributed by atoms with van der Waals surface area (Å²) in [5.41, 5.74) is 0.612. The molecule has 0 aliphatic carbocycles. The maximum Gasteiger partial charge on any atom is 0.242 e. The van der Waals surface area contributed by atoms with E-state index in [0.717, 1.165) is 4.90 Å². The maximum absolute atomic E-state index is 12.9. The first-order valence-corrected chi connectivity index (χ1v) is 10.3. The summed E-state index contributed by atoms with van der Waals surface area (Å²) in [4.78, 5) is 27.4. The monoisotopic (exact) mass is 444 g/mol. The van der Waals surface area contributed by atoms with Crippen LogP contribution in [0.1, 0.15) is 12.5 Å². The van der Waals surface area contributed by atoms with Crippen molar-refractivity contribution in [3.63, 3.8) is 0 Å².